The molecule has 0 atom stereocenters. The lowest BCUT2D eigenvalue weighted by atomic mass is 10.1. The highest BCUT2D eigenvalue weighted by molar-refractivity contribution is 6.17. The monoisotopic (exact) mass is 272 g/mol. The van der Waals surface area contributed by atoms with E-state index in [0.717, 1.165) is 18.4 Å². The van der Waals surface area contributed by atoms with Gasteiger partial charge >= 0.3 is 0 Å². The van der Waals surface area contributed by atoms with Gasteiger partial charge in [0.15, 0.2) is 0 Å². The number of nitrogens with zero attached hydrogens (tertiary/aromatic N) is 2. The number of fused-ring (bicyclic) bond motifs is 1. The third-order valence-electron chi connectivity index (χ3n) is 2.99. The maximum atomic E-state index is 5.65. The first kappa shape index (κ1) is 12.2. The minimum Gasteiger partial charge on any atom is -0.421 e. The minimum atomic E-state index is 0.565. The highest BCUT2D eigenvalue weighted by Gasteiger charge is 2.08. The smallest absolute Gasteiger partial charge is 0.247 e. The number of halogens is 1. The average molecular weight is 273 g/mol. The van der Waals surface area contributed by atoms with Crippen LogP contribution in [0, 0.1) is 0 Å². The first-order valence-electron chi connectivity index (χ1n) is 6.24. The predicted molar refractivity (Wildman–Crippen MR) is 76.3 cm³/mol. The molecule has 19 heavy (non-hydrogen) atoms. The summed E-state index contributed by atoms with van der Waals surface area (Å²) in [6, 6.07) is 14.3. The Balaban J connectivity index is 1.92. The molecule has 3 aromatic rings. The molecule has 0 saturated carbocycles. The van der Waals surface area contributed by atoms with Gasteiger partial charge in [-0.25, -0.2) is 0 Å². The molecular weight excluding hydrogens is 260 g/mol. The van der Waals surface area contributed by atoms with Gasteiger partial charge in [-0.2, -0.15) is 0 Å². The Hall–Kier alpha value is -1.87. The van der Waals surface area contributed by atoms with Crippen molar-refractivity contribution in [1.29, 1.82) is 0 Å². The molecule has 0 aliphatic carbocycles. The maximum Gasteiger partial charge on any atom is 0.247 e. The zero-order chi connectivity index (χ0) is 13.1. The Bertz CT molecular complexity index is 693. The SMILES string of the molecule is ClCCCc1nnc(-c2ccc3ccccc3c2)o1. The first-order valence-corrected chi connectivity index (χ1v) is 6.78. The van der Waals surface area contributed by atoms with E-state index < -0.39 is 0 Å². The summed E-state index contributed by atoms with van der Waals surface area (Å²) in [5.74, 6) is 1.81. The van der Waals surface area contributed by atoms with E-state index in [1.54, 1.807) is 0 Å². The zero-order valence-electron chi connectivity index (χ0n) is 10.3. The molecule has 0 amide bonds. The van der Waals surface area contributed by atoms with Crippen LogP contribution >= 0.6 is 11.6 Å². The van der Waals surface area contributed by atoms with E-state index in [-0.39, 0.29) is 0 Å². The van der Waals surface area contributed by atoms with Crippen LogP contribution in [-0.2, 0) is 6.42 Å². The van der Waals surface area contributed by atoms with Crippen LogP contribution in [0.2, 0.25) is 0 Å². The minimum absolute atomic E-state index is 0.565. The number of hydrogen-bond acceptors (Lipinski definition) is 3. The summed E-state index contributed by atoms with van der Waals surface area (Å²) in [6.45, 7) is 0. The summed E-state index contributed by atoms with van der Waals surface area (Å²) >= 11 is 5.65. The van der Waals surface area contributed by atoms with E-state index in [0.29, 0.717) is 17.7 Å². The van der Waals surface area contributed by atoms with Crippen LogP contribution in [0.3, 0.4) is 0 Å². The normalized spacial score (nSPS) is 11.0. The summed E-state index contributed by atoms with van der Waals surface area (Å²) in [5, 5.41) is 10.5. The number of alkyl halides is 1. The van der Waals surface area contributed by atoms with Crippen LogP contribution in [0.15, 0.2) is 46.9 Å². The van der Waals surface area contributed by atoms with E-state index in [1.807, 2.05) is 18.2 Å². The molecule has 3 rings (SSSR count). The molecule has 1 heterocycles. The van der Waals surface area contributed by atoms with Gasteiger partial charge in [-0.1, -0.05) is 30.3 Å². The maximum absolute atomic E-state index is 5.65. The standard InChI is InChI=1S/C15H13ClN2O/c16-9-3-6-14-17-18-15(19-14)13-8-7-11-4-1-2-5-12(11)10-13/h1-2,4-5,7-8,10H,3,6,9H2. The van der Waals surface area contributed by atoms with E-state index in [4.69, 9.17) is 16.0 Å². The number of hydrogen-bond donors (Lipinski definition) is 0. The van der Waals surface area contributed by atoms with Crippen molar-refractivity contribution >= 4 is 22.4 Å². The largest absolute Gasteiger partial charge is 0.421 e. The lowest BCUT2D eigenvalue weighted by Crippen LogP contribution is -1.85. The lowest BCUT2D eigenvalue weighted by molar-refractivity contribution is 0.503. The lowest BCUT2D eigenvalue weighted by Gasteiger charge is -1.99. The molecule has 0 saturated heterocycles. The van der Waals surface area contributed by atoms with E-state index >= 15 is 0 Å². The Kier molecular flexibility index (Phi) is 3.47. The summed E-state index contributed by atoms with van der Waals surface area (Å²) in [4.78, 5) is 0. The van der Waals surface area contributed by atoms with Crippen LogP contribution in [0.4, 0.5) is 0 Å². The quantitative estimate of drug-likeness (QED) is 0.672. The summed E-state index contributed by atoms with van der Waals surface area (Å²) in [6.07, 6.45) is 1.57. The van der Waals surface area contributed by atoms with Gasteiger partial charge in [0.2, 0.25) is 11.8 Å². The summed E-state index contributed by atoms with van der Waals surface area (Å²) in [5.41, 5.74) is 0.948. The Morgan fingerprint density at radius 2 is 1.84 bits per heavy atom. The Morgan fingerprint density at radius 1 is 1.00 bits per heavy atom. The molecule has 96 valence electrons. The van der Waals surface area contributed by atoms with Gasteiger partial charge in [-0.05, 0) is 29.3 Å². The van der Waals surface area contributed by atoms with Gasteiger partial charge in [0.1, 0.15) is 0 Å². The number of aromatic nitrogens is 2. The zero-order valence-corrected chi connectivity index (χ0v) is 11.1. The van der Waals surface area contributed by atoms with Crippen molar-refractivity contribution in [3.05, 3.63) is 48.4 Å². The van der Waals surface area contributed by atoms with Crippen molar-refractivity contribution in [3.8, 4) is 11.5 Å². The molecule has 1 aromatic heterocycles. The predicted octanol–water partition coefficient (Wildman–Crippen LogP) is 4.06. The second-order valence-electron chi connectivity index (χ2n) is 4.36. The van der Waals surface area contributed by atoms with E-state index in [2.05, 4.69) is 34.5 Å². The molecule has 0 radical (unpaired) electrons. The van der Waals surface area contributed by atoms with Gasteiger partial charge in [0.05, 0.1) is 0 Å². The van der Waals surface area contributed by atoms with Crippen molar-refractivity contribution in [2.75, 3.05) is 5.88 Å². The number of rotatable bonds is 4. The first-order chi connectivity index (χ1) is 9.36. The van der Waals surface area contributed by atoms with Crippen LogP contribution in [0.1, 0.15) is 12.3 Å². The molecule has 0 aliphatic rings. The molecule has 0 fully saturated rings. The second kappa shape index (κ2) is 5.41. The number of benzene rings is 2. The van der Waals surface area contributed by atoms with Gasteiger partial charge < -0.3 is 4.42 Å². The van der Waals surface area contributed by atoms with Crippen LogP contribution < -0.4 is 0 Å². The topological polar surface area (TPSA) is 38.9 Å². The average Bonchev–Trinajstić information content (AvgIpc) is 2.93. The van der Waals surface area contributed by atoms with E-state index in [9.17, 15) is 0 Å². The van der Waals surface area contributed by atoms with Crippen LogP contribution in [-0.4, -0.2) is 16.1 Å². The van der Waals surface area contributed by atoms with Crippen LogP contribution in [0.25, 0.3) is 22.2 Å². The summed E-state index contributed by atoms with van der Waals surface area (Å²) in [7, 11) is 0. The van der Waals surface area contributed by atoms with Gasteiger partial charge in [-0.3, -0.25) is 0 Å². The third-order valence-corrected chi connectivity index (χ3v) is 3.25. The molecular formula is C15H13ClN2O. The van der Waals surface area contributed by atoms with E-state index in [1.165, 1.54) is 10.8 Å². The molecule has 2 aromatic carbocycles. The van der Waals surface area contributed by atoms with Crippen molar-refractivity contribution in [2.45, 2.75) is 12.8 Å². The molecule has 0 unspecified atom stereocenters. The molecule has 0 aliphatic heterocycles. The highest BCUT2D eigenvalue weighted by Crippen LogP contribution is 2.23. The Morgan fingerprint density at radius 3 is 2.68 bits per heavy atom. The fourth-order valence-electron chi connectivity index (χ4n) is 2.01. The molecule has 0 bridgehead atoms. The van der Waals surface area contributed by atoms with Gasteiger partial charge in [0, 0.05) is 17.9 Å². The molecule has 0 N–H and O–H groups in total. The van der Waals surface area contributed by atoms with Crippen molar-refractivity contribution in [2.24, 2.45) is 0 Å². The molecule has 0 spiro atoms. The highest BCUT2D eigenvalue weighted by atomic mass is 35.5. The van der Waals surface area contributed by atoms with Crippen molar-refractivity contribution in [1.82, 2.24) is 10.2 Å². The van der Waals surface area contributed by atoms with Gasteiger partial charge in [-0.15, -0.1) is 21.8 Å². The molecule has 3 nitrogen and oxygen atoms in total. The summed E-state index contributed by atoms with van der Waals surface area (Å²) < 4.78 is 5.64. The number of aryl methyl sites for hydroxylation is 1. The van der Waals surface area contributed by atoms with Gasteiger partial charge in [0.25, 0.3) is 0 Å². The fourth-order valence-corrected chi connectivity index (χ4v) is 2.15. The fraction of sp³-hybridized carbons (Fsp3) is 0.200. The van der Waals surface area contributed by atoms with Crippen LogP contribution in [0.5, 0.6) is 0 Å². The van der Waals surface area contributed by atoms with Crippen molar-refractivity contribution in [3.63, 3.8) is 0 Å². The molecule has 4 heteroatoms. The van der Waals surface area contributed by atoms with Crippen molar-refractivity contribution < 1.29 is 4.42 Å². The second-order valence-corrected chi connectivity index (χ2v) is 4.73. The third kappa shape index (κ3) is 2.61. The Labute approximate surface area is 116 Å².